The topological polar surface area (TPSA) is 109 Å². The van der Waals surface area contributed by atoms with E-state index in [2.05, 4.69) is 30.8 Å². The molecule has 1 amide bonds. The Labute approximate surface area is 182 Å². The number of aromatic nitrogens is 3. The SMILES string of the molecule is CCNC(=NCCc1noc(-c2ccccn2)n1)NC1CCN(C(=O)C2CCCC2)C1. The van der Waals surface area contributed by atoms with E-state index in [1.807, 2.05) is 30.0 Å². The van der Waals surface area contributed by atoms with Crippen LogP contribution in [0.1, 0.15) is 44.9 Å². The van der Waals surface area contributed by atoms with Crippen molar-refractivity contribution < 1.29 is 9.32 Å². The number of rotatable bonds is 7. The summed E-state index contributed by atoms with van der Waals surface area (Å²) < 4.78 is 5.30. The molecule has 0 radical (unpaired) electrons. The first-order chi connectivity index (χ1) is 15.2. The highest BCUT2D eigenvalue weighted by Crippen LogP contribution is 2.27. The number of aliphatic imine (C=N–C) groups is 1. The normalized spacial score (nSPS) is 19.7. The van der Waals surface area contributed by atoms with Gasteiger partial charge in [0, 0.05) is 50.8 Å². The standard InChI is InChI=1S/C22H31N7O2/c1-2-23-22(26-17-11-14-29(15-17)21(30)16-7-3-4-8-16)25-13-10-19-27-20(31-28-19)18-9-5-6-12-24-18/h5-6,9,12,16-17H,2-4,7-8,10-11,13-15H2,1H3,(H2,23,25,26). The quantitative estimate of drug-likeness (QED) is 0.516. The maximum Gasteiger partial charge on any atom is 0.276 e. The van der Waals surface area contributed by atoms with Crippen molar-refractivity contribution in [2.75, 3.05) is 26.2 Å². The van der Waals surface area contributed by atoms with Crippen LogP contribution in [0.3, 0.4) is 0 Å². The largest absolute Gasteiger partial charge is 0.357 e. The second-order valence-corrected chi connectivity index (χ2v) is 8.14. The van der Waals surface area contributed by atoms with Gasteiger partial charge in [-0.05, 0) is 38.3 Å². The highest BCUT2D eigenvalue weighted by Gasteiger charge is 2.32. The second kappa shape index (κ2) is 10.4. The molecular weight excluding hydrogens is 394 g/mol. The van der Waals surface area contributed by atoms with Gasteiger partial charge in [0.25, 0.3) is 5.89 Å². The zero-order chi connectivity index (χ0) is 21.5. The third kappa shape index (κ3) is 5.59. The Bertz CT molecular complexity index is 877. The number of carbonyl (C=O) groups is 1. The van der Waals surface area contributed by atoms with Crippen LogP contribution in [-0.4, -0.2) is 64.1 Å². The first-order valence-corrected chi connectivity index (χ1v) is 11.3. The molecule has 1 saturated heterocycles. The minimum absolute atomic E-state index is 0.226. The van der Waals surface area contributed by atoms with Crippen LogP contribution < -0.4 is 10.6 Å². The molecule has 2 N–H and O–H groups in total. The van der Waals surface area contributed by atoms with Crippen molar-refractivity contribution in [1.29, 1.82) is 0 Å². The van der Waals surface area contributed by atoms with Crippen LogP contribution in [0.15, 0.2) is 33.9 Å². The summed E-state index contributed by atoms with van der Waals surface area (Å²) in [6, 6.07) is 5.80. The van der Waals surface area contributed by atoms with E-state index in [1.165, 1.54) is 12.8 Å². The van der Waals surface area contributed by atoms with Gasteiger partial charge in [-0.3, -0.25) is 14.8 Å². The molecule has 2 aromatic rings. The van der Waals surface area contributed by atoms with Crippen LogP contribution in [0.4, 0.5) is 0 Å². The van der Waals surface area contributed by atoms with Gasteiger partial charge in [0.1, 0.15) is 5.69 Å². The molecule has 2 aromatic heterocycles. The molecule has 2 fully saturated rings. The Morgan fingerprint density at radius 3 is 2.94 bits per heavy atom. The first kappa shape index (κ1) is 21.3. The summed E-state index contributed by atoms with van der Waals surface area (Å²) >= 11 is 0. The van der Waals surface area contributed by atoms with Crippen molar-refractivity contribution in [3.05, 3.63) is 30.2 Å². The van der Waals surface area contributed by atoms with Crippen LogP contribution in [0, 0.1) is 5.92 Å². The average molecular weight is 426 g/mol. The van der Waals surface area contributed by atoms with Gasteiger partial charge in [-0.15, -0.1) is 0 Å². The maximum absolute atomic E-state index is 12.7. The molecule has 4 rings (SSSR count). The number of hydrogen-bond donors (Lipinski definition) is 2. The van der Waals surface area contributed by atoms with Crippen LogP contribution in [-0.2, 0) is 11.2 Å². The third-order valence-corrected chi connectivity index (χ3v) is 5.85. The van der Waals surface area contributed by atoms with Gasteiger partial charge in [0.05, 0.1) is 0 Å². The number of pyridine rings is 1. The number of hydrogen-bond acceptors (Lipinski definition) is 6. The molecule has 0 bridgehead atoms. The van der Waals surface area contributed by atoms with Gasteiger partial charge >= 0.3 is 0 Å². The van der Waals surface area contributed by atoms with E-state index >= 15 is 0 Å². The van der Waals surface area contributed by atoms with Crippen molar-refractivity contribution >= 4 is 11.9 Å². The molecule has 166 valence electrons. The molecule has 9 heteroatoms. The number of carbonyl (C=O) groups excluding carboxylic acids is 1. The molecule has 31 heavy (non-hydrogen) atoms. The summed E-state index contributed by atoms with van der Waals surface area (Å²) in [4.78, 5) is 28.0. The molecule has 0 spiro atoms. The number of nitrogens with one attached hydrogen (secondary N) is 2. The van der Waals surface area contributed by atoms with E-state index in [4.69, 9.17) is 4.52 Å². The van der Waals surface area contributed by atoms with Crippen molar-refractivity contribution in [2.45, 2.75) is 51.5 Å². The van der Waals surface area contributed by atoms with Crippen molar-refractivity contribution in [3.63, 3.8) is 0 Å². The Balaban J connectivity index is 1.28. The van der Waals surface area contributed by atoms with E-state index in [-0.39, 0.29) is 12.0 Å². The second-order valence-electron chi connectivity index (χ2n) is 8.14. The smallest absolute Gasteiger partial charge is 0.276 e. The van der Waals surface area contributed by atoms with Crippen LogP contribution in [0.25, 0.3) is 11.6 Å². The van der Waals surface area contributed by atoms with Gasteiger partial charge in [-0.2, -0.15) is 4.98 Å². The monoisotopic (exact) mass is 425 g/mol. The predicted molar refractivity (Wildman–Crippen MR) is 117 cm³/mol. The van der Waals surface area contributed by atoms with Crippen molar-refractivity contribution in [2.24, 2.45) is 10.9 Å². The molecule has 1 aliphatic heterocycles. The Morgan fingerprint density at radius 1 is 1.29 bits per heavy atom. The van der Waals surface area contributed by atoms with Gasteiger partial charge in [0.2, 0.25) is 5.91 Å². The molecular formula is C22H31N7O2. The summed E-state index contributed by atoms with van der Waals surface area (Å²) in [7, 11) is 0. The average Bonchev–Trinajstić information content (AvgIpc) is 3.56. The summed E-state index contributed by atoms with van der Waals surface area (Å²) in [6.45, 7) is 4.92. The minimum Gasteiger partial charge on any atom is -0.357 e. The zero-order valence-corrected chi connectivity index (χ0v) is 18.1. The lowest BCUT2D eigenvalue weighted by Gasteiger charge is -2.21. The van der Waals surface area contributed by atoms with E-state index < -0.39 is 0 Å². The molecule has 1 unspecified atom stereocenters. The highest BCUT2D eigenvalue weighted by atomic mass is 16.5. The summed E-state index contributed by atoms with van der Waals surface area (Å²) in [5.74, 6) is 2.37. The Morgan fingerprint density at radius 2 is 2.16 bits per heavy atom. The molecule has 9 nitrogen and oxygen atoms in total. The maximum atomic E-state index is 12.7. The third-order valence-electron chi connectivity index (χ3n) is 5.85. The number of guanidine groups is 1. The predicted octanol–water partition coefficient (Wildman–Crippen LogP) is 2.02. The number of nitrogens with zero attached hydrogens (tertiary/aromatic N) is 5. The zero-order valence-electron chi connectivity index (χ0n) is 18.1. The summed E-state index contributed by atoms with van der Waals surface area (Å²) in [5, 5.41) is 10.8. The van der Waals surface area contributed by atoms with E-state index in [9.17, 15) is 4.79 Å². The lowest BCUT2D eigenvalue weighted by atomic mass is 10.1. The van der Waals surface area contributed by atoms with E-state index in [0.717, 1.165) is 44.9 Å². The Kier molecular flexibility index (Phi) is 7.11. The molecule has 1 aliphatic carbocycles. The van der Waals surface area contributed by atoms with E-state index in [1.54, 1.807) is 6.20 Å². The lowest BCUT2D eigenvalue weighted by Crippen LogP contribution is -2.45. The molecule has 0 aromatic carbocycles. The van der Waals surface area contributed by atoms with E-state index in [0.29, 0.717) is 36.3 Å². The molecule has 2 aliphatic rings. The fraction of sp³-hybridized carbons (Fsp3) is 0.591. The molecule has 3 heterocycles. The summed E-state index contributed by atoms with van der Waals surface area (Å²) in [6.07, 6.45) is 7.69. The van der Waals surface area contributed by atoms with Crippen LogP contribution in [0.5, 0.6) is 0 Å². The van der Waals surface area contributed by atoms with Gasteiger partial charge < -0.3 is 20.1 Å². The summed E-state index contributed by atoms with van der Waals surface area (Å²) in [5.41, 5.74) is 0.665. The number of amides is 1. The minimum atomic E-state index is 0.226. The highest BCUT2D eigenvalue weighted by molar-refractivity contribution is 5.81. The fourth-order valence-electron chi connectivity index (χ4n) is 4.24. The molecule has 1 atom stereocenters. The van der Waals surface area contributed by atoms with Crippen LogP contribution >= 0.6 is 0 Å². The lowest BCUT2D eigenvalue weighted by molar-refractivity contribution is -0.134. The first-order valence-electron chi connectivity index (χ1n) is 11.3. The van der Waals surface area contributed by atoms with Crippen molar-refractivity contribution in [3.8, 4) is 11.6 Å². The molecule has 1 saturated carbocycles. The Hall–Kier alpha value is -2.97. The fourth-order valence-corrected chi connectivity index (χ4v) is 4.24. The van der Waals surface area contributed by atoms with Crippen molar-refractivity contribution in [1.82, 2.24) is 30.7 Å². The van der Waals surface area contributed by atoms with Gasteiger partial charge in [-0.1, -0.05) is 24.1 Å². The van der Waals surface area contributed by atoms with Gasteiger partial charge in [-0.25, -0.2) is 0 Å². The van der Waals surface area contributed by atoms with Gasteiger partial charge in [0.15, 0.2) is 11.8 Å². The number of likely N-dealkylation sites (tertiary alicyclic amines) is 1. The van der Waals surface area contributed by atoms with Crippen LogP contribution in [0.2, 0.25) is 0 Å².